The molecular weight excluding hydrogens is 314 g/mol. The number of hydrogen-bond acceptors (Lipinski definition) is 5. The van der Waals surface area contributed by atoms with Gasteiger partial charge in [0, 0.05) is 11.8 Å². The van der Waals surface area contributed by atoms with Crippen molar-refractivity contribution in [3.05, 3.63) is 0 Å². The highest BCUT2D eigenvalue weighted by molar-refractivity contribution is 5.81. The van der Waals surface area contributed by atoms with Gasteiger partial charge in [-0.15, -0.1) is 0 Å². The maximum atomic E-state index is 12.1. The van der Waals surface area contributed by atoms with Gasteiger partial charge in [-0.2, -0.15) is 0 Å². The molecule has 0 aromatic heterocycles. The van der Waals surface area contributed by atoms with Gasteiger partial charge in [-0.1, -0.05) is 0 Å². The van der Waals surface area contributed by atoms with Crippen LogP contribution in [0.2, 0.25) is 0 Å². The number of alkyl carbamates (subject to hydrolysis) is 1. The number of carboxylic acid groups (broad SMARTS) is 1. The Hall–Kier alpha value is -1.34. The fourth-order valence-corrected chi connectivity index (χ4v) is 5.63. The standard InChI is InChI=1S/C17H27NO6/c1-14(2,3)24-13(21)18-11(12(19)20)15-4-10-5-16(22,7-15)9-17(23,6-10)8-15/h10-11,22-23H,4-9H2,1-3H3,(H,18,21)(H,19,20). The van der Waals surface area contributed by atoms with E-state index in [0.29, 0.717) is 19.3 Å². The molecule has 7 nitrogen and oxygen atoms in total. The van der Waals surface area contributed by atoms with E-state index in [0.717, 1.165) is 0 Å². The van der Waals surface area contributed by atoms with Gasteiger partial charge in [0.25, 0.3) is 0 Å². The first kappa shape index (κ1) is 17.5. The van der Waals surface area contributed by atoms with Crippen molar-refractivity contribution < 1.29 is 29.6 Å². The van der Waals surface area contributed by atoms with Crippen LogP contribution < -0.4 is 5.32 Å². The molecule has 0 spiro atoms. The molecule has 0 saturated heterocycles. The van der Waals surface area contributed by atoms with Crippen molar-refractivity contribution in [2.75, 3.05) is 0 Å². The number of ether oxygens (including phenoxy) is 1. The highest BCUT2D eigenvalue weighted by atomic mass is 16.6. The van der Waals surface area contributed by atoms with Crippen molar-refractivity contribution in [2.24, 2.45) is 11.3 Å². The molecule has 7 heteroatoms. The van der Waals surface area contributed by atoms with Gasteiger partial charge >= 0.3 is 12.1 Å². The molecule has 4 N–H and O–H groups in total. The number of carbonyl (C=O) groups is 2. The van der Waals surface area contributed by atoms with Crippen LogP contribution in [0.15, 0.2) is 0 Å². The Labute approximate surface area is 141 Å². The molecule has 4 aliphatic carbocycles. The Morgan fingerprint density at radius 3 is 2.04 bits per heavy atom. The highest BCUT2D eigenvalue weighted by Gasteiger charge is 2.66. The van der Waals surface area contributed by atoms with Crippen molar-refractivity contribution in [3.63, 3.8) is 0 Å². The maximum Gasteiger partial charge on any atom is 0.408 e. The molecule has 3 atom stereocenters. The second-order valence-electron chi connectivity index (χ2n) is 9.24. The van der Waals surface area contributed by atoms with Crippen LogP contribution in [-0.4, -0.2) is 50.2 Å². The van der Waals surface area contributed by atoms with E-state index in [4.69, 9.17) is 4.74 Å². The molecule has 0 heterocycles. The van der Waals surface area contributed by atoms with E-state index in [1.54, 1.807) is 20.8 Å². The average Bonchev–Trinajstić information content (AvgIpc) is 2.28. The minimum atomic E-state index is -1.19. The second kappa shape index (κ2) is 5.08. The van der Waals surface area contributed by atoms with Crippen LogP contribution in [0, 0.1) is 11.3 Å². The summed E-state index contributed by atoms with van der Waals surface area (Å²) in [5, 5.41) is 33.8. The van der Waals surface area contributed by atoms with Crippen LogP contribution in [0.4, 0.5) is 4.79 Å². The highest BCUT2D eigenvalue weighted by Crippen LogP contribution is 2.64. The van der Waals surface area contributed by atoms with Crippen LogP contribution in [0.25, 0.3) is 0 Å². The summed E-state index contributed by atoms with van der Waals surface area (Å²) in [5.74, 6) is -1.08. The van der Waals surface area contributed by atoms with Gasteiger partial charge in [-0.05, 0) is 58.8 Å². The fourth-order valence-electron chi connectivity index (χ4n) is 5.63. The van der Waals surface area contributed by atoms with E-state index in [1.807, 2.05) is 0 Å². The lowest BCUT2D eigenvalue weighted by Crippen LogP contribution is -2.69. The summed E-state index contributed by atoms with van der Waals surface area (Å²) in [5.41, 5.74) is -3.66. The molecule has 0 aromatic carbocycles. The van der Waals surface area contributed by atoms with Gasteiger partial charge < -0.3 is 25.4 Å². The Kier molecular flexibility index (Phi) is 3.70. The zero-order chi connectivity index (χ0) is 18.0. The molecule has 4 fully saturated rings. The molecule has 4 aliphatic rings. The molecule has 136 valence electrons. The molecule has 4 bridgehead atoms. The summed E-state index contributed by atoms with van der Waals surface area (Å²) in [7, 11) is 0. The lowest BCUT2D eigenvalue weighted by Gasteiger charge is -2.64. The number of aliphatic carboxylic acids is 1. The fraction of sp³-hybridized carbons (Fsp3) is 0.882. The number of nitrogens with one attached hydrogen (secondary N) is 1. The van der Waals surface area contributed by atoms with Gasteiger partial charge in [-0.25, -0.2) is 9.59 Å². The summed E-state index contributed by atoms with van der Waals surface area (Å²) < 4.78 is 5.19. The van der Waals surface area contributed by atoms with Crippen LogP contribution >= 0.6 is 0 Å². The van der Waals surface area contributed by atoms with Crippen LogP contribution in [-0.2, 0) is 9.53 Å². The first-order valence-electron chi connectivity index (χ1n) is 8.51. The topological polar surface area (TPSA) is 116 Å². The SMILES string of the molecule is CC(C)(C)OC(=O)NC(C(=O)O)C12CC3CC(O)(CC(O)(C3)C1)C2. The number of carbonyl (C=O) groups excluding carboxylic acids is 1. The predicted molar refractivity (Wildman–Crippen MR) is 84.3 cm³/mol. The van der Waals surface area contributed by atoms with E-state index < -0.39 is 40.3 Å². The molecule has 0 aromatic rings. The minimum absolute atomic E-state index is 0.0820. The van der Waals surface area contributed by atoms with Crippen molar-refractivity contribution in [1.82, 2.24) is 5.32 Å². The molecule has 0 aliphatic heterocycles. The Balaban J connectivity index is 1.86. The van der Waals surface area contributed by atoms with E-state index in [2.05, 4.69) is 5.32 Å². The largest absolute Gasteiger partial charge is 0.480 e. The quantitative estimate of drug-likeness (QED) is 0.617. The molecule has 4 saturated carbocycles. The molecule has 24 heavy (non-hydrogen) atoms. The summed E-state index contributed by atoms with van der Waals surface area (Å²) in [6.07, 6.45) is 1.84. The zero-order valence-corrected chi connectivity index (χ0v) is 14.5. The summed E-state index contributed by atoms with van der Waals surface area (Å²) >= 11 is 0. The number of rotatable bonds is 3. The number of hydrogen-bond donors (Lipinski definition) is 4. The number of amides is 1. The monoisotopic (exact) mass is 341 g/mol. The normalized spacial score (nSPS) is 41.8. The predicted octanol–water partition coefficient (Wildman–Crippen LogP) is 1.41. The van der Waals surface area contributed by atoms with Crippen molar-refractivity contribution in [2.45, 2.75) is 82.1 Å². The van der Waals surface area contributed by atoms with Crippen molar-refractivity contribution in [3.8, 4) is 0 Å². The first-order valence-corrected chi connectivity index (χ1v) is 8.51. The minimum Gasteiger partial charge on any atom is -0.480 e. The van der Waals surface area contributed by atoms with Gasteiger partial charge in [0.2, 0.25) is 0 Å². The Morgan fingerprint density at radius 1 is 1.08 bits per heavy atom. The van der Waals surface area contributed by atoms with Crippen molar-refractivity contribution in [1.29, 1.82) is 0 Å². The van der Waals surface area contributed by atoms with E-state index >= 15 is 0 Å². The van der Waals surface area contributed by atoms with E-state index in [-0.39, 0.29) is 25.2 Å². The smallest absolute Gasteiger partial charge is 0.408 e. The third-order valence-corrected chi connectivity index (χ3v) is 5.57. The summed E-state index contributed by atoms with van der Waals surface area (Å²) in [6.45, 7) is 5.12. The first-order chi connectivity index (χ1) is 10.8. The Morgan fingerprint density at radius 2 is 1.62 bits per heavy atom. The summed E-state index contributed by atoms with van der Waals surface area (Å²) in [4.78, 5) is 24.0. The van der Waals surface area contributed by atoms with Crippen LogP contribution in [0.5, 0.6) is 0 Å². The molecule has 3 unspecified atom stereocenters. The van der Waals surface area contributed by atoms with Gasteiger partial charge in [0.15, 0.2) is 0 Å². The average molecular weight is 341 g/mol. The lowest BCUT2D eigenvalue weighted by atomic mass is 9.44. The maximum absolute atomic E-state index is 12.1. The van der Waals surface area contributed by atoms with Gasteiger partial charge in [0.1, 0.15) is 11.6 Å². The van der Waals surface area contributed by atoms with Gasteiger partial charge in [0.05, 0.1) is 11.2 Å². The molecular formula is C17H27NO6. The number of aliphatic hydroxyl groups is 2. The molecule has 0 radical (unpaired) electrons. The lowest BCUT2D eigenvalue weighted by molar-refractivity contribution is -0.237. The van der Waals surface area contributed by atoms with E-state index in [1.165, 1.54) is 0 Å². The third-order valence-electron chi connectivity index (χ3n) is 5.57. The number of carboxylic acids is 1. The zero-order valence-electron chi connectivity index (χ0n) is 14.5. The van der Waals surface area contributed by atoms with E-state index in [9.17, 15) is 24.9 Å². The molecule has 1 amide bonds. The van der Waals surface area contributed by atoms with Crippen molar-refractivity contribution >= 4 is 12.1 Å². The van der Waals surface area contributed by atoms with Crippen LogP contribution in [0.3, 0.4) is 0 Å². The third kappa shape index (κ3) is 3.11. The summed E-state index contributed by atoms with van der Waals surface area (Å²) in [6, 6.07) is -1.19. The van der Waals surface area contributed by atoms with Crippen LogP contribution in [0.1, 0.15) is 59.3 Å². The second-order valence-corrected chi connectivity index (χ2v) is 9.24. The Bertz CT molecular complexity index is 550. The van der Waals surface area contributed by atoms with Gasteiger partial charge in [-0.3, -0.25) is 0 Å². The molecule has 4 rings (SSSR count).